The van der Waals surface area contributed by atoms with E-state index in [-0.39, 0.29) is 12.1 Å². The van der Waals surface area contributed by atoms with E-state index < -0.39 is 17.5 Å². The van der Waals surface area contributed by atoms with Gasteiger partial charge in [0.25, 0.3) is 5.91 Å². The SMILES string of the molecule is O=C(NCC=Cc1ccc(Cl)cc1)c1ccc(F)c(F)c1. The van der Waals surface area contributed by atoms with E-state index in [2.05, 4.69) is 5.32 Å². The molecule has 2 nitrogen and oxygen atoms in total. The summed E-state index contributed by atoms with van der Waals surface area (Å²) in [6.07, 6.45) is 3.57. The van der Waals surface area contributed by atoms with Gasteiger partial charge < -0.3 is 5.32 Å². The number of benzene rings is 2. The van der Waals surface area contributed by atoms with Gasteiger partial charge in [0.2, 0.25) is 0 Å². The highest BCUT2D eigenvalue weighted by atomic mass is 35.5. The molecular formula is C16H12ClF2NO. The number of carbonyl (C=O) groups is 1. The van der Waals surface area contributed by atoms with Gasteiger partial charge in [-0.25, -0.2) is 8.78 Å². The lowest BCUT2D eigenvalue weighted by Crippen LogP contribution is -2.23. The minimum atomic E-state index is -1.04. The molecule has 1 amide bonds. The van der Waals surface area contributed by atoms with Crippen LogP contribution in [-0.2, 0) is 0 Å². The molecule has 0 saturated heterocycles. The van der Waals surface area contributed by atoms with Crippen LogP contribution in [0.5, 0.6) is 0 Å². The Balaban J connectivity index is 1.89. The molecule has 21 heavy (non-hydrogen) atoms. The minimum absolute atomic E-state index is 0.0776. The van der Waals surface area contributed by atoms with Crippen LogP contribution in [0.15, 0.2) is 48.5 Å². The molecule has 1 N–H and O–H groups in total. The smallest absolute Gasteiger partial charge is 0.251 e. The molecule has 0 heterocycles. The van der Waals surface area contributed by atoms with Crippen LogP contribution in [0.1, 0.15) is 15.9 Å². The summed E-state index contributed by atoms with van der Waals surface area (Å²) in [5, 5.41) is 3.24. The molecule has 0 radical (unpaired) electrons. The van der Waals surface area contributed by atoms with E-state index in [1.165, 1.54) is 6.07 Å². The number of hydrogen-bond acceptors (Lipinski definition) is 1. The lowest BCUT2D eigenvalue weighted by atomic mass is 10.2. The maximum Gasteiger partial charge on any atom is 0.251 e. The topological polar surface area (TPSA) is 29.1 Å². The highest BCUT2D eigenvalue weighted by Gasteiger charge is 2.08. The van der Waals surface area contributed by atoms with Crippen molar-refractivity contribution in [3.05, 3.63) is 76.3 Å². The quantitative estimate of drug-likeness (QED) is 0.906. The van der Waals surface area contributed by atoms with Crippen LogP contribution in [0.4, 0.5) is 8.78 Å². The zero-order valence-corrected chi connectivity index (χ0v) is 11.7. The lowest BCUT2D eigenvalue weighted by Gasteiger charge is -2.03. The number of carbonyl (C=O) groups excluding carboxylic acids is 1. The second-order valence-corrected chi connectivity index (χ2v) is 4.73. The zero-order chi connectivity index (χ0) is 15.2. The maximum absolute atomic E-state index is 13.0. The van der Waals surface area contributed by atoms with Crippen molar-refractivity contribution in [1.82, 2.24) is 5.32 Å². The monoisotopic (exact) mass is 307 g/mol. The minimum Gasteiger partial charge on any atom is -0.349 e. The molecule has 2 rings (SSSR count). The summed E-state index contributed by atoms with van der Waals surface area (Å²) < 4.78 is 25.8. The normalized spacial score (nSPS) is 10.8. The average molecular weight is 308 g/mol. The van der Waals surface area contributed by atoms with Crippen LogP contribution in [0.3, 0.4) is 0 Å². The summed E-state index contributed by atoms with van der Waals surface area (Å²) in [6, 6.07) is 10.2. The Morgan fingerprint density at radius 3 is 2.48 bits per heavy atom. The Bertz CT molecular complexity index is 668. The fourth-order valence-corrected chi connectivity index (χ4v) is 1.79. The maximum atomic E-state index is 13.0. The second kappa shape index (κ2) is 6.99. The summed E-state index contributed by atoms with van der Waals surface area (Å²) in [6.45, 7) is 0.278. The van der Waals surface area contributed by atoms with Gasteiger partial charge in [0.05, 0.1) is 0 Å². The van der Waals surface area contributed by atoms with Crippen molar-refractivity contribution < 1.29 is 13.6 Å². The fourth-order valence-electron chi connectivity index (χ4n) is 1.66. The van der Waals surface area contributed by atoms with E-state index in [1.54, 1.807) is 18.2 Å². The van der Waals surface area contributed by atoms with Crippen molar-refractivity contribution in [1.29, 1.82) is 0 Å². The summed E-state index contributed by atoms with van der Waals surface area (Å²) in [5.41, 5.74) is 1.02. The van der Waals surface area contributed by atoms with Gasteiger partial charge in [-0.15, -0.1) is 0 Å². The number of halogens is 3. The van der Waals surface area contributed by atoms with Gasteiger partial charge in [0.1, 0.15) is 0 Å². The van der Waals surface area contributed by atoms with Crippen LogP contribution < -0.4 is 5.32 Å². The largest absolute Gasteiger partial charge is 0.349 e. The lowest BCUT2D eigenvalue weighted by molar-refractivity contribution is 0.0957. The van der Waals surface area contributed by atoms with Crippen LogP contribution in [0.25, 0.3) is 6.08 Å². The molecule has 108 valence electrons. The fraction of sp³-hybridized carbons (Fsp3) is 0.0625. The van der Waals surface area contributed by atoms with Crippen LogP contribution >= 0.6 is 11.6 Å². The first-order chi connectivity index (χ1) is 10.1. The predicted octanol–water partition coefficient (Wildman–Crippen LogP) is 4.06. The van der Waals surface area contributed by atoms with Gasteiger partial charge in [-0.3, -0.25) is 4.79 Å². The Labute approximate surface area is 126 Å². The third kappa shape index (κ3) is 4.39. The number of rotatable bonds is 4. The van der Waals surface area contributed by atoms with Crippen molar-refractivity contribution in [2.45, 2.75) is 0 Å². The Hall–Kier alpha value is -2.20. The zero-order valence-electron chi connectivity index (χ0n) is 10.9. The van der Waals surface area contributed by atoms with Gasteiger partial charge >= 0.3 is 0 Å². The molecule has 0 aliphatic carbocycles. The average Bonchev–Trinajstić information content (AvgIpc) is 2.48. The molecule has 0 saturated carbocycles. The third-order valence-corrected chi connectivity index (χ3v) is 2.99. The molecule has 0 aromatic heterocycles. The van der Waals surface area contributed by atoms with Crippen molar-refractivity contribution in [3.8, 4) is 0 Å². The van der Waals surface area contributed by atoms with Crippen molar-refractivity contribution in [2.24, 2.45) is 0 Å². The Kier molecular flexibility index (Phi) is 5.06. The van der Waals surface area contributed by atoms with E-state index in [0.717, 1.165) is 17.7 Å². The van der Waals surface area contributed by atoms with Crippen LogP contribution in [-0.4, -0.2) is 12.5 Å². The van der Waals surface area contributed by atoms with Gasteiger partial charge in [0, 0.05) is 17.1 Å². The van der Waals surface area contributed by atoms with E-state index >= 15 is 0 Å². The van der Waals surface area contributed by atoms with E-state index in [0.29, 0.717) is 5.02 Å². The van der Waals surface area contributed by atoms with Crippen molar-refractivity contribution in [3.63, 3.8) is 0 Å². The van der Waals surface area contributed by atoms with E-state index in [4.69, 9.17) is 11.6 Å². The highest BCUT2D eigenvalue weighted by Crippen LogP contribution is 2.10. The highest BCUT2D eigenvalue weighted by molar-refractivity contribution is 6.30. The molecule has 5 heteroatoms. The van der Waals surface area contributed by atoms with Crippen molar-refractivity contribution in [2.75, 3.05) is 6.54 Å². The van der Waals surface area contributed by atoms with Crippen molar-refractivity contribution >= 4 is 23.6 Å². The first-order valence-electron chi connectivity index (χ1n) is 6.21. The second-order valence-electron chi connectivity index (χ2n) is 4.29. The molecule has 0 atom stereocenters. The van der Waals surface area contributed by atoms with E-state index in [1.807, 2.05) is 18.2 Å². The molecule has 0 fully saturated rings. The molecule has 2 aromatic carbocycles. The van der Waals surface area contributed by atoms with E-state index in [9.17, 15) is 13.6 Å². The van der Waals surface area contributed by atoms with Gasteiger partial charge in [-0.1, -0.05) is 35.9 Å². The molecule has 0 aliphatic heterocycles. The molecule has 0 spiro atoms. The first kappa shape index (κ1) is 15.2. The number of amides is 1. The Morgan fingerprint density at radius 1 is 1.10 bits per heavy atom. The molecular weight excluding hydrogens is 296 g/mol. The van der Waals surface area contributed by atoms with Gasteiger partial charge in [-0.05, 0) is 35.9 Å². The molecule has 2 aromatic rings. The van der Waals surface area contributed by atoms with Crippen LogP contribution in [0.2, 0.25) is 5.02 Å². The molecule has 0 unspecified atom stereocenters. The number of nitrogens with one attached hydrogen (secondary N) is 1. The first-order valence-corrected chi connectivity index (χ1v) is 6.59. The molecule has 0 bridgehead atoms. The summed E-state index contributed by atoms with van der Waals surface area (Å²) in [5.74, 6) is -2.48. The van der Waals surface area contributed by atoms with Gasteiger partial charge in [0.15, 0.2) is 11.6 Å². The predicted molar refractivity (Wildman–Crippen MR) is 79.2 cm³/mol. The summed E-state index contributed by atoms with van der Waals surface area (Å²) in [7, 11) is 0. The standard InChI is InChI=1S/C16H12ClF2NO/c17-13-6-3-11(4-7-13)2-1-9-20-16(21)12-5-8-14(18)15(19)10-12/h1-8,10H,9H2,(H,20,21). The number of hydrogen-bond donors (Lipinski definition) is 1. The Morgan fingerprint density at radius 2 is 1.81 bits per heavy atom. The molecule has 0 aliphatic rings. The summed E-state index contributed by atoms with van der Waals surface area (Å²) in [4.78, 5) is 11.7. The van der Waals surface area contributed by atoms with Crippen LogP contribution in [0, 0.1) is 11.6 Å². The summed E-state index contributed by atoms with van der Waals surface area (Å²) >= 11 is 5.77. The van der Waals surface area contributed by atoms with Gasteiger partial charge in [-0.2, -0.15) is 0 Å². The third-order valence-electron chi connectivity index (χ3n) is 2.74.